The first-order valence-electron chi connectivity index (χ1n) is 15.0. The Morgan fingerprint density at radius 2 is 1.68 bits per heavy atom. The molecular formula is C37H36F2N4O4. The van der Waals surface area contributed by atoms with Gasteiger partial charge in [-0.15, -0.1) is 0 Å². The number of halogens is 2. The Morgan fingerprint density at radius 1 is 0.979 bits per heavy atom. The maximum atomic E-state index is 15.8. The normalized spacial score (nSPS) is 12.1. The van der Waals surface area contributed by atoms with Crippen molar-refractivity contribution < 1.29 is 23.0 Å². The molecule has 0 saturated heterocycles. The van der Waals surface area contributed by atoms with Crippen molar-refractivity contribution in [1.82, 2.24) is 14.5 Å². The monoisotopic (exact) mass is 638 g/mol. The van der Waals surface area contributed by atoms with E-state index in [0.29, 0.717) is 23.3 Å². The molecule has 0 amide bonds. The van der Waals surface area contributed by atoms with Crippen molar-refractivity contribution in [3.63, 3.8) is 0 Å². The summed E-state index contributed by atoms with van der Waals surface area (Å²) in [7, 11) is 6.34. The molecule has 5 aromatic rings. The Hall–Kier alpha value is -5.35. The molecule has 2 heterocycles. The smallest absolute Gasteiger partial charge is 0.259 e. The molecule has 0 aliphatic rings. The van der Waals surface area contributed by atoms with Gasteiger partial charge in [-0.1, -0.05) is 48.5 Å². The van der Waals surface area contributed by atoms with Gasteiger partial charge in [-0.05, 0) is 56.4 Å². The zero-order valence-electron chi connectivity index (χ0n) is 26.9. The number of rotatable bonds is 12. The van der Waals surface area contributed by atoms with Gasteiger partial charge in [0.05, 0.1) is 36.9 Å². The van der Waals surface area contributed by atoms with Crippen molar-refractivity contribution in [3.05, 3.63) is 124 Å². The topological polar surface area (TPSA) is 85.7 Å². The minimum absolute atomic E-state index is 0.0538. The Morgan fingerprint density at radius 3 is 2.34 bits per heavy atom. The van der Waals surface area contributed by atoms with E-state index >= 15 is 8.78 Å². The van der Waals surface area contributed by atoms with Gasteiger partial charge in [0.1, 0.15) is 5.82 Å². The lowest BCUT2D eigenvalue weighted by Gasteiger charge is -2.22. The molecular weight excluding hydrogens is 602 g/mol. The number of hydrogen-bond acceptors (Lipinski definition) is 7. The Labute approximate surface area is 271 Å². The van der Waals surface area contributed by atoms with E-state index in [1.807, 2.05) is 86.6 Å². The molecule has 242 valence electrons. The van der Waals surface area contributed by atoms with Crippen molar-refractivity contribution >= 4 is 28.2 Å². The molecule has 10 heteroatoms. The molecule has 1 unspecified atom stereocenters. The SMILES string of the molecule is COc1cc(OC)c(F)c(-c2cc3cnc(Nc4ccccc4)cc3n(C(C)c3cccc(CC(=O)/C=C/CN(C)C)c3)c2=O)c1F. The van der Waals surface area contributed by atoms with Crippen molar-refractivity contribution in [2.45, 2.75) is 19.4 Å². The summed E-state index contributed by atoms with van der Waals surface area (Å²) in [5.41, 5.74) is 1.36. The summed E-state index contributed by atoms with van der Waals surface area (Å²) in [6, 6.07) is 20.5. The van der Waals surface area contributed by atoms with Crippen molar-refractivity contribution in [1.29, 1.82) is 0 Å². The molecule has 0 aliphatic carbocycles. The molecule has 3 aromatic carbocycles. The first kappa shape index (κ1) is 33.0. The second-order valence-corrected chi connectivity index (χ2v) is 11.4. The predicted molar refractivity (Wildman–Crippen MR) is 181 cm³/mol. The van der Waals surface area contributed by atoms with E-state index in [-0.39, 0.29) is 29.3 Å². The summed E-state index contributed by atoms with van der Waals surface area (Å²) in [5, 5.41) is 3.72. The number of anilines is 2. The summed E-state index contributed by atoms with van der Waals surface area (Å²) in [4.78, 5) is 33.6. The van der Waals surface area contributed by atoms with Gasteiger partial charge in [0, 0.05) is 42.4 Å². The van der Waals surface area contributed by atoms with Crippen LogP contribution in [0.2, 0.25) is 0 Å². The van der Waals surface area contributed by atoms with E-state index in [1.165, 1.54) is 24.9 Å². The highest BCUT2D eigenvalue weighted by Crippen LogP contribution is 2.38. The summed E-state index contributed by atoms with van der Waals surface area (Å²) in [6.45, 7) is 2.47. The van der Waals surface area contributed by atoms with Crippen LogP contribution in [0.3, 0.4) is 0 Å². The van der Waals surface area contributed by atoms with Crippen LogP contribution in [-0.4, -0.2) is 55.1 Å². The number of ketones is 1. The van der Waals surface area contributed by atoms with E-state index in [2.05, 4.69) is 10.3 Å². The molecule has 0 aliphatic heterocycles. The van der Waals surface area contributed by atoms with E-state index in [0.717, 1.165) is 22.9 Å². The number of para-hydroxylation sites is 1. The summed E-state index contributed by atoms with van der Waals surface area (Å²) in [6.07, 6.45) is 5.11. The van der Waals surface area contributed by atoms with Gasteiger partial charge in [0.2, 0.25) is 0 Å². The van der Waals surface area contributed by atoms with Gasteiger partial charge < -0.3 is 24.3 Å². The van der Waals surface area contributed by atoms with Gasteiger partial charge >= 0.3 is 0 Å². The van der Waals surface area contributed by atoms with Gasteiger partial charge in [-0.2, -0.15) is 0 Å². The average Bonchev–Trinajstić information content (AvgIpc) is 3.05. The van der Waals surface area contributed by atoms with Crippen LogP contribution < -0.4 is 20.3 Å². The van der Waals surface area contributed by atoms with E-state index in [9.17, 15) is 9.59 Å². The molecule has 5 rings (SSSR count). The molecule has 1 atom stereocenters. The predicted octanol–water partition coefficient (Wildman–Crippen LogP) is 6.94. The average molecular weight is 639 g/mol. The lowest BCUT2D eigenvalue weighted by atomic mass is 9.99. The Kier molecular flexibility index (Phi) is 10.1. The molecule has 2 aromatic heterocycles. The fraction of sp³-hybridized carbons (Fsp3) is 0.216. The Balaban J connectivity index is 1.68. The number of hydrogen-bond donors (Lipinski definition) is 1. The van der Waals surface area contributed by atoms with Crippen LogP contribution in [-0.2, 0) is 11.2 Å². The number of carbonyl (C=O) groups is 1. The molecule has 47 heavy (non-hydrogen) atoms. The molecule has 0 bridgehead atoms. The quantitative estimate of drug-likeness (QED) is 0.148. The third-order valence-electron chi connectivity index (χ3n) is 7.78. The minimum atomic E-state index is -1.03. The molecule has 1 N–H and O–H groups in total. The number of likely N-dealkylation sites (N-methyl/N-ethyl adjacent to an activating group) is 1. The fourth-order valence-electron chi connectivity index (χ4n) is 5.42. The maximum absolute atomic E-state index is 15.8. The highest BCUT2D eigenvalue weighted by atomic mass is 19.1. The van der Waals surface area contributed by atoms with Crippen LogP contribution in [0.15, 0.2) is 95.9 Å². The molecule has 0 radical (unpaired) electrons. The number of methoxy groups -OCH3 is 2. The highest BCUT2D eigenvalue weighted by Gasteiger charge is 2.26. The number of ether oxygens (including phenoxy) is 2. The molecule has 0 saturated carbocycles. The zero-order valence-corrected chi connectivity index (χ0v) is 26.9. The summed E-state index contributed by atoms with van der Waals surface area (Å²) < 4.78 is 43.3. The van der Waals surface area contributed by atoms with Crippen LogP contribution in [0.25, 0.3) is 22.0 Å². The first-order valence-corrected chi connectivity index (χ1v) is 15.0. The van der Waals surface area contributed by atoms with Crippen molar-refractivity contribution in [3.8, 4) is 22.6 Å². The van der Waals surface area contributed by atoms with Crippen molar-refractivity contribution in [2.24, 2.45) is 0 Å². The third kappa shape index (κ3) is 7.23. The van der Waals surface area contributed by atoms with E-state index in [4.69, 9.17) is 9.47 Å². The number of allylic oxidation sites excluding steroid dienone is 1. The molecule has 0 spiro atoms. The zero-order chi connectivity index (χ0) is 33.7. The van der Waals surface area contributed by atoms with Gasteiger partial charge in [-0.25, -0.2) is 13.8 Å². The lowest BCUT2D eigenvalue weighted by molar-refractivity contribution is -0.114. The Bertz CT molecular complexity index is 1980. The second-order valence-electron chi connectivity index (χ2n) is 11.4. The van der Waals surface area contributed by atoms with Crippen LogP contribution in [0.1, 0.15) is 24.1 Å². The fourth-order valence-corrected chi connectivity index (χ4v) is 5.42. The van der Waals surface area contributed by atoms with Crippen LogP contribution >= 0.6 is 0 Å². The minimum Gasteiger partial charge on any atom is -0.494 e. The number of carbonyl (C=O) groups excluding carboxylic acids is 1. The van der Waals surface area contributed by atoms with E-state index in [1.54, 1.807) is 18.3 Å². The standard InChI is InChI=1S/C37H36F2N4O4/c1-23(25-12-9-11-24(17-25)18-28(44)15-10-16-42(2)3)43-30-20-33(41-27-13-7-6-8-14-27)40-22-26(30)19-29(37(43)45)34-35(38)31(46-4)21-32(47-5)36(34)39/h6-15,17,19-23H,16,18H2,1-5H3,(H,40,41)/b15-10+. The van der Waals surface area contributed by atoms with Crippen LogP contribution in [0.5, 0.6) is 11.5 Å². The number of benzene rings is 3. The maximum Gasteiger partial charge on any atom is 0.259 e. The summed E-state index contributed by atoms with van der Waals surface area (Å²) >= 11 is 0. The number of nitrogens with zero attached hydrogens (tertiary/aromatic N) is 3. The van der Waals surface area contributed by atoms with Gasteiger partial charge in [0.25, 0.3) is 5.56 Å². The highest BCUT2D eigenvalue weighted by molar-refractivity contribution is 5.91. The second kappa shape index (κ2) is 14.4. The van der Waals surface area contributed by atoms with Crippen LogP contribution in [0, 0.1) is 11.6 Å². The lowest BCUT2D eigenvalue weighted by Crippen LogP contribution is -2.26. The number of nitrogens with one attached hydrogen (secondary N) is 1. The van der Waals surface area contributed by atoms with Crippen LogP contribution in [0.4, 0.5) is 20.3 Å². The largest absolute Gasteiger partial charge is 0.494 e. The summed E-state index contributed by atoms with van der Waals surface area (Å²) in [5.74, 6) is -2.17. The van der Waals surface area contributed by atoms with E-state index < -0.39 is 28.8 Å². The number of fused-ring (bicyclic) bond motifs is 1. The first-order chi connectivity index (χ1) is 22.6. The molecule has 0 fully saturated rings. The van der Waals surface area contributed by atoms with Gasteiger partial charge in [0.15, 0.2) is 28.9 Å². The van der Waals surface area contributed by atoms with Gasteiger partial charge in [-0.3, -0.25) is 9.59 Å². The number of aromatic nitrogens is 2. The number of pyridine rings is 2. The van der Waals surface area contributed by atoms with Crippen molar-refractivity contribution in [2.75, 3.05) is 40.2 Å². The molecule has 8 nitrogen and oxygen atoms in total. The third-order valence-corrected chi connectivity index (χ3v) is 7.78.